The maximum absolute atomic E-state index is 12.8. The van der Waals surface area contributed by atoms with Crippen LogP contribution in [-0.2, 0) is 9.47 Å². The highest BCUT2D eigenvalue weighted by Gasteiger charge is 2.50. The Hall–Kier alpha value is -1.50. The fraction of sp³-hybridized carbons (Fsp3) is 0.810. The zero-order valence-electron chi connectivity index (χ0n) is 18.5. The van der Waals surface area contributed by atoms with E-state index in [1.807, 2.05) is 36.6 Å². The average molecular weight is 411 g/mol. The van der Waals surface area contributed by atoms with E-state index < -0.39 is 13.7 Å². The molecule has 28 heavy (non-hydrogen) atoms. The number of likely N-dealkylation sites (tertiary alicyclic amines) is 1. The van der Waals surface area contributed by atoms with Gasteiger partial charge in [-0.25, -0.2) is 9.59 Å². The lowest BCUT2D eigenvalue weighted by Crippen LogP contribution is -2.63. The van der Waals surface area contributed by atoms with E-state index in [0.717, 1.165) is 31.7 Å². The zero-order valence-corrected chi connectivity index (χ0v) is 19.5. The van der Waals surface area contributed by atoms with Gasteiger partial charge in [0.1, 0.15) is 5.60 Å². The second-order valence-corrected chi connectivity index (χ2v) is 15.8. The molecular weight excluding hydrogens is 372 g/mol. The van der Waals surface area contributed by atoms with Crippen molar-refractivity contribution in [1.29, 1.82) is 0 Å². The summed E-state index contributed by atoms with van der Waals surface area (Å²) < 4.78 is 11.3. The third-order valence-corrected chi connectivity index (χ3v) is 7.09. The van der Waals surface area contributed by atoms with Crippen LogP contribution in [0.1, 0.15) is 46.5 Å². The normalized spacial score (nSPS) is 24.9. The van der Waals surface area contributed by atoms with Crippen molar-refractivity contribution in [3.8, 4) is 0 Å². The molecule has 2 aliphatic heterocycles. The molecule has 2 heterocycles. The van der Waals surface area contributed by atoms with E-state index in [9.17, 15) is 9.59 Å². The summed E-state index contributed by atoms with van der Waals surface area (Å²) in [6, 6.07) is 0.895. The molecule has 0 aromatic heterocycles. The first-order chi connectivity index (χ1) is 12.9. The smallest absolute Gasteiger partial charge is 0.410 e. The number of hydrogen-bond acceptors (Lipinski definition) is 4. The van der Waals surface area contributed by atoms with E-state index in [1.54, 1.807) is 0 Å². The van der Waals surface area contributed by atoms with Crippen LogP contribution in [0.15, 0.2) is 12.7 Å². The number of carbonyl (C=O) groups excluding carboxylic acids is 2. The Bertz CT molecular complexity index is 582. The molecule has 6 nitrogen and oxygen atoms in total. The molecule has 2 fully saturated rings. The fourth-order valence-electron chi connectivity index (χ4n) is 4.01. The molecular formula is C21H38N2O4Si. The van der Waals surface area contributed by atoms with Crippen LogP contribution in [0.25, 0.3) is 0 Å². The summed E-state index contributed by atoms with van der Waals surface area (Å²) in [5.74, 6) is 0. The zero-order chi connectivity index (χ0) is 21.1. The van der Waals surface area contributed by atoms with Gasteiger partial charge in [0.15, 0.2) is 0 Å². The molecule has 0 N–H and O–H groups in total. The maximum atomic E-state index is 12.8. The number of piperazine rings is 1. The van der Waals surface area contributed by atoms with Gasteiger partial charge in [0.25, 0.3) is 0 Å². The minimum atomic E-state index is -1.25. The number of amides is 2. The molecule has 160 valence electrons. The van der Waals surface area contributed by atoms with Crippen LogP contribution < -0.4 is 0 Å². The third kappa shape index (κ3) is 6.00. The molecule has 0 aliphatic carbocycles. The first kappa shape index (κ1) is 22.8. The molecule has 0 radical (unpaired) electrons. The van der Waals surface area contributed by atoms with Gasteiger partial charge in [-0.1, -0.05) is 25.7 Å². The summed E-state index contributed by atoms with van der Waals surface area (Å²) >= 11 is 0. The molecule has 2 aliphatic rings. The van der Waals surface area contributed by atoms with Gasteiger partial charge in [-0.2, -0.15) is 0 Å². The van der Waals surface area contributed by atoms with Crippen molar-refractivity contribution < 1.29 is 19.1 Å². The van der Waals surface area contributed by atoms with Gasteiger partial charge in [-0.3, -0.25) is 4.90 Å². The molecule has 0 aromatic rings. The van der Waals surface area contributed by atoms with Gasteiger partial charge in [-0.15, -0.1) is 6.58 Å². The monoisotopic (exact) mass is 410 g/mol. The van der Waals surface area contributed by atoms with E-state index in [1.165, 1.54) is 0 Å². The van der Waals surface area contributed by atoms with Crippen LogP contribution in [-0.4, -0.2) is 66.9 Å². The molecule has 0 aromatic carbocycles. The number of carbonyl (C=O) groups is 2. The Kier molecular flexibility index (Phi) is 7.23. The number of allylic oxidation sites excluding steroid dienone is 1. The summed E-state index contributed by atoms with van der Waals surface area (Å²) in [4.78, 5) is 29.4. The van der Waals surface area contributed by atoms with Crippen molar-refractivity contribution in [2.75, 3.05) is 13.2 Å². The number of ether oxygens (including phenoxy) is 2. The van der Waals surface area contributed by atoms with E-state index in [0.29, 0.717) is 13.2 Å². The molecule has 7 heteroatoms. The predicted molar refractivity (Wildman–Crippen MR) is 114 cm³/mol. The third-order valence-electron chi connectivity index (χ3n) is 5.38. The largest absolute Gasteiger partial charge is 0.450 e. The van der Waals surface area contributed by atoms with Crippen LogP contribution in [0.3, 0.4) is 0 Å². The van der Waals surface area contributed by atoms with Crippen molar-refractivity contribution >= 4 is 20.3 Å². The van der Waals surface area contributed by atoms with E-state index in [2.05, 4.69) is 26.2 Å². The fourth-order valence-corrected chi connectivity index (χ4v) is 4.73. The molecule has 2 saturated heterocycles. The average Bonchev–Trinajstić information content (AvgIpc) is 2.86. The topological polar surface area (TPSA) is 59.1 Å². The molecule has 2 amide bonds. The second-order valence-electron chi connectivity index (χ2n) is 10.2. The van der Waals surface area contributed by atoms with Crippen LogP contribution in [0.2, 0.25) is 25.7 Å². The molecule has 2 rings (SSSR count). The van der Waals surface area contributed by atoms with Crippen LogP contribution in [0.5, 0.6) is 0 Å². The molecule has 3 atom stereocenters. The molecule has 0 unspecified atom stereocenters. The first-order valence-corrected chi connectivity index (χ1v) is 14.2. The van der Waals surface area contributed by atoms with Gasteiger partial charge in [0, 0.05) is 14.6 Å². The van der Waals surface area contributed by atoms with Crippen molar-refractivity contribution in [1.82, 2.24) is 9.80 Å². The Balaban J connectivity index is 2.11. The van der Waals surface area contributed by atoms with E-state index >= 15 is 0 Å². The predicted octanol–water partition coefficient (Wildman–Crippen LogP) is 4.88. The Labute approximate surface area is 171 Å². The minimum absolute atomic E-state index is 0.00405. The highest BCUT2D eigenvalue weighted by molar-refractivity contribution is 6.76. The van der Waals surface area contributed by atoms with Crippen molar-refractivity contribution in [3.05, 3.63) is 12.7 Å². The number of nitrogens with zero attached hydrogens (tertiary/aromatic N) is 2. The van der Waals surface area contributed by atoms with Gasteiger partial charge in [0.05, 0.1) is 24.7 Å². The Morgan fingerprint density at radius 2 is 1.86 bits per heavy atom. The number of fused-ring (bicyclic) bond motifs is 2. The van der Waals surface area contributed by atoms with E-state index in [4.69, 9.17) is 9.47 Å². The van der Waals surface area contributed by atoms with E-state index in [-0.39, 0.29) is 30.3 Å². The minimum Gasteiger partial charge on any atom is -0.450 e. The quantitative estimate of drug-likeness (QED) is 0.462. The molecule has 0 saturated carbocycles. The first-order valence-electron chi connectivity index (χ1n) is 10.5. The summed E-state index contributed by atoms with van der Waals surface area (Å²) in [6.45, 7) is 17.3. The van der Waals surface area contributed by atoms with Crippen molar-refractivity contribution in [2.45, 2.75) is 95.9 Å². The lowest BCUT2D eigenvalue weighted by Gasteiger charge is -2.46. The van der Waals surface area contributed by atoms with Crippen LogP contribution in [0.4, 0.5) is 9.59 Å². The van der Waals surface area contributed by atoms with Gasteiger partial charge < -0.3 is 14.4 Å². The highest BCUT2D eigenvalue weighted by atomic mass is 28.3. The maximum Gasteiger partial charge on any atom is 0.410 e. The van der Waals surface area contributed by atoms with Crippen LogP contribution >= 0.6 is 0 Å². The summed E-state index contributed by atoms with van der Waals surface area (Å²) in [6.07, 6.45) is 4.73. The SMILES string of the molecule is C=CCC[C@H]1[C@@H]2CC[C@H](CN1C(=O)OCC[Si](C)(C)C)N2C(=O)OC(C)(C)C. The lowest BCUT2D eigenvalue weighted by molar-refractivity contribution is -0.0230. The Morgan fingerprint density at radius 3 is 2.43 bits per heavy atom. The lowest BCUT2D eigenvalue weighted by atomic mass is 9.98. The van der Waals surface area contributed by atoms with Gasteiger partial charge >= 0.3 is 12.2 Å². The second kappa shape index (κ2) is 8.89. The number of hydrogen-bond donors (Lipinski definition) is 0. The van der Waals surface area contributed by atoms with Crippen molar-refractivity contribution in [2.24, 2.45) is 0 Å². The van der Waals surface area contributed by atoms with Crippen molar-refractivity contribution in [3.63, 3.8) is 0 Å². The standard InChI is InChI=1S/C21H38N2O4Si/c1-8-9-10-17-18-12-11-16(23(18)20(25)27-21(2,3)4)15-22(17)19(24)26-13-14-28(5,6)7/h8,16-18H,1,9-15H2,2-7H3/t16-,17+,18+/m1/s1. The van der Waals surface area contributed by atoms with Gasteiger partial charge in [-0.05, 0) is 52.5 Å². The highest BCUT2D eigenvalue weighted by Crippen LogP contribution is 2.37. The summed E-state index contributed by atoms with van der Waals surface area (Å²) in [5, 5.41) is 0. The van der Waals surface area contributed by atoms with Crippen LogP contribution in [0, 0.1) is 0 Å². The Morgan fingerprint density at radius 1 is 1.18 bits per heavy atom. The summed E-state index contributed by atoms with van der Waals surface area (Å²) in [7, 11) is -1.25. The van der Waals surface area contributed by atoms with Gasteiger partial charge in [0.2, 0.25) is 0 Å². The summed E-state index contributed by atoms with van der Waals surface area (Å²) in [5.41, 5.74) is -0.528. The molecule has 0 spiro atoms. The molecule has 2 bridgehead atoms. The number of rotatable bonds is 6.